The van der Waals surface area contributed by atoms with E-state index in [-0.39, 0.29) is 0 Å². The van der Waals surface area contributed by atoms with Crippen molar-refractivity contribution in [2.75, 3.05) is 12.4 Å². The molecule has 0 radical (unpaired) electrons. The fraction of sp³-hybridized carbons (Fsp3) is 0.214. The summed E-state index contributed by atoms with van der Waals surface area (Å²) in [6.07, 6.45) is 1.10. The third-order valence-corrected chi connectivity index (χ3v) is 2.82. The lowest BCUT2D eigenvalue weighted by molar-refractivity contribution is 0.219. The van der Waals surface area contributed by atoms with Crippen molar-refractivity contribution >= 4 is 5.82 Å². The smallest absolute Gasteiger partial charge is 0.125 e. The lowest BCUT2D eigenvalue weighted by Gasteiger charge is -2.14. The number of nitrogens with one attached hydrogen (secondary N) is 1. The van der Waals surface area contributed by atoms with Crippen LogP contribution in [0.25, 0.3) is 0 Å². The van der Waals surface area contributed by atoms with Crippen molar-refractivity contribution in [3.63, 3.8) is 0 Å². The van der Waals surface area contributed by atoms with Crippen LogP contribution in [0.5, 0.6) is 0 Å². The Morgan fingerprint density at radius 3 is 2.53 bits per heavy atom. The highest BCUT2D eigenvalue weighted by molar-refractivity contribution is 5.42. The third-order valence-electron chi connectivity index (χ3n) is 2.82. The number of hydrogen-bond donors (Lipinski definition) is 2. The van der Waals surface area contributed by atoms with Crippen molar-refractivity contribution < 1.29 is 5.11 Å². The van der Waals surface area contributed by atoms with Crippen molar-refractivity contribution in [1.82, 2.24) is 4.98 Å². The average Bonchev–Trinajstić information content (AvgIpc) is 2.39. The van der Waals surface area contributed by atoms with Crippen LogP contribution in [0.4, 0.5) is 5.82 Å². The van der Waals surface area contributed by atoms with E-state index in [2.05, 4.69) is 10.3 Å². The first kappa shape index (κ1) is 11.6. The van der Waals surface area contributed by atoms with Crippen LogP contribution in [0.1, 0.15) is 22.8 Å². The maximum atomic E-state index is 10.3. The van der Waals surface area contributed by atoms with Gasteiger partial charge in [-0.25, -0.2) is 4.98 Å². The van der Waals surface area contributed by atoms with Crippen LogP contribution in [-0.2, 0) is 0 Å². The molecule has 1 unspecified atom stereocenters. The Hall–Kier alpha value is -1.87. The number of pyridine rings is 1. The van der Waals surface area contributed by atoms with Gasteiger partial charge in [-0.2, -0.15) is 0 Å². The number of hydrogen-bond acceptors (Lipinski definition) is 3. The van der Waals surface area contributed by atoms with Crippen molar-refractivity contribution in [3.8, 4) is 0 Å². The van der Waals surface area contributed by atoms with Gasteiger partial charge in [0.2, 0.25) is 0 Å². The van der Waals surface area contributed by atoms with Gasteiger partial charge in [0.25, 0.3) is 0 Å². The molecule has 0 fully saturated rings. The maximum absolute atomic E-state index is 10.3. The number of anilines is 1. The van der Waals surface area contributed by atoms with Crippen molar-refractivity contribution in [3.05, 3.63) is 59.3 Å². The highest BCUT2D eigenvalue weighted by Crippen LogP contribution is 2.24. The molecule has 0 aliphatic carbocycles. The van der Waals surface area contributed by atoms with Gasteiger partial charge in [0.05, 0.1) is 0 Å². The number of rotatable bonds is 3. The molecule has 0 aliphatic rings. The van der Waals surface area contributed by atoms with Crippen LogP contribution >= 0.6 is 0 Å². The summed E-state index contributed by atoms with van der Waals surface area (Å²) in [4.78, 5) is 4.23. The summed E-state index contributed by atoms with van der Waals surface area (Å²) in [6, 6.07) is 11.5. The van der Waals surface area contributed by atoms with E-state index < -0.39 is 6.10 Å². The standard InChI is InChI=1S/C14H16N2O/c1-10-8-13(15-2)16-9-12(10)14(17)11-6-4-3-5-7-11/h3-9,14,17H,1-2H3,(H,15,16). The van der Waals surface area contributed by atoms with Gasteiger partial charge >= 0.3 is 0 Å². The van der Waals surface area contributed by atoms with Gasteiger partial charge in [-0.1, -0.05) is 30.3 Å². The minimum Gasteiger partial charge on any atom is -0.384 e. The molecule has 1 heterocycles. The Morgan fingerprint density at radius 2 is 1.94 bits per heavy atom. The third kappa shape index (κ3) is 2.45. The number of aryl methyl sites for hydroxylation is 1. The second-order valence-electron chi connectivity index (χ2n) is 3.99. The molecule has 1 aromatic carbocycles. The SMILES string of the molecule is CNc1cc(C)c(C(O)c2ccccc2)cn1. The Labute approximate surface area is 101 Å². The molecule has 0 spiro atoms. The van der Waals surface area contributed by atoms with Gasteiger partial charge in [0.1, 0.15) is 11.9 Å². The van der Waals surface area contributed by atoms with Gasteiger partial charge in [-0.15, -0.1) is 0 Å². The zero-order valence-corrected chi connectivity index (χ0v) is 10.0. The molecule has 0 saturated heterocycles. The van der Waals surface area contributed by atoms with Crippen molar-refractivity contribution in [2.24, 2.45) is 0 Å². The van der Waals surface area contributed by atoms with E-state index in [1.807, 2.05) is 50.4 Å². The lowest BCUT2D eigenvalue weighted by atomic mass is 9.99. The van der Waals surface area contributed by atoms with Gasteiger partial charge in [0.15, 0.2) is 0 Å². The number of aliphatic hydroxyl groups is 1. The summed E-state index contributed by atoms with van der Waals surface area (Å²) in [5, 5.41) is 13.3. The average molecular weight is 228 g/mol. The molecule has 0 saturated carbocycles. The first-order chi connectivity index (χ1) is 8.22. The molecule has 0 amide bonds. The van der Waals surface area contributed by atoms with Crippen LogP contribution in [0.15, 0.2) is 42.6 Å². The normalized spacial score (nSPS) is 12.2. The number of benzene rings is 1. The highest BCUT2D eigenvalue weighted by atomic mass is 16.3. The summed E-state index contributed by atoms with van der Waals surface area (Å²) >= 11 is 0. The van der Waals surface area contributed by atoms with Crippen LogP contribution in [-0.4, -0.2) is 17.1 Å². The molecule has 2 N–H and O–H groups in total. The zero-order valence-electron chi connectivity index (χ0n) is 10.0. The van der Waals surface area contributed by atoms with Crippen LogP contribution < -0.4 is 5.32 Å². The Balaban J connectivity index is 2.34. The largest absolute Gasteiger partial charge is 0.384 e. The summed E-state index contributed by atoms with van der Waals surface area (Å²) in [5.41, 5.74) is 2.76. The number of nitrogens with zero attached hydrogens (tertiary/aromatic N) is 1. The van der Waals surface area contributed by atoms with Crippen molar-refractivity contribution in [1.29, 1.82) is 0 Å². The molecule has 0 aliphatic heterocycles. The van der Waals surface area contributed by atoms with Gasteiger partial charge < -0.3 is 10.4 Å². The van der Waals surface area contributed by atoms with E-state index in [4.69, 9.17) is 0 Å². The van der Waals surface area contributed by atoms with E-state index in [0.717, 1.165) is 22.5 Å². The second-order valence-corrected chi connectivity index (χ2v) is 3.99. The van der Waals surface area contributed by atoms with E-state index in [1.165, 1.54) is 0 Å². The summed E-state index contributed by atoms with van der Waals surface area (Å²) in [7, 11) is 1.83. The quantitative estimate of drug-likeness (QED) is 0.848. The van der Waals surface area contributed by atoms with E-state index in [9.17, 15) is 5.11 Å². The van der Waals surface area contributed by atoms with Gasteiger partial charge in [0, 0.05) is 18.8 Å². The number of aromatic nitrogens is 1. The predicted molar refractivity (Wildman–Crippen MR) is 69.0 cm³/mol. The Bertz CT molecular complexity index is 497. The van der Waals surface area contributed by atoms with Crippen LogP contribution in [0.3, 0.4) is 0 Å². The summed E-state index contributed by atoms with van der Waals surface area (Å²) in [6.45, 7) is 1.98. The van der Waals surface area contributed by atoms with Gasteiger partial charge in [-0.3, -0.25) is 0 Å². The van der Waals surface area contributed by atoms with E-state index >= 15 is 0 Å². The fourth-order valence-electron chi connectivity index (χ4n) is 1.80. The first-order valence-electron chi connectivity index (χ1n) is 5.59. The van der Waals surface area contributed by atoms with E-state index in [1.54, 1.807) is 6.20 Å². The summed E-state index contributed by atoms with van der Waals surface area (Å²) < 4.78 is 0. The van der Waals surface area contributed by atoms with Crippen LogP contribution in [0, 0.1) is 6.92 Å². The molecule has 2 rings (SSSR count). The topological polar surface area (TPSA) is 45.1 Å². The Morgan fingerprint density at radius 1 is 1.24 bits per heavy atom. The second kappa shape index (κ2) is 4.97. The molecular weight excluding hydrogens is 212 g/mol. The molecule has 0 bridgehead atoms. The Kier molecular flexibility index (Phi) is 3.40. The highest BCUT2D eigenvalue weighted by Gasteiger charge is 2.13. The van der Waals surface area contributed by atoms with Crippen molar-refractivity contribution in [2.45, 2.75) is 13.0 Å². The molecule has 17 heavy (non-hydrogen) atoms. The monoisotopic (exact) mass is 228 g/mol. The minimum absolute atomic E-state index is 0.616. The minimum atomic E-state index is -0.616. The predicted octanol–water partition coefficient (Wildman–Crippen LogP) is 2.51. The molecule has 1 atom stereocenters. The lowest BCUT2D eigenvalue weighted by Crippen LogP contribution is -2.04. The summed E-state index contributed by atoms with van der Waals surface area (Å²) in [5.74, 6) is 0.812. The molecular formula is C14H16N2O. The zero-order chi connectivity index (χ0) is 12.3. The molecule has 3 nitrogen and oxygen atoms in total. The van der Waals surface area contributed by atoms with Gasteiger partial charge in [-0.05, 0) is 24.1 Å². The molecule has 88 valence electrons. The van der Waals surface area contributed by atoms with Crippen LogP contribution in [0.2, 0.25) is 0 Å². The molecule has 1 aromatic heterocycles. The number of aliphatic hydroxyl groups excluding tert-OH is 1. The fourth-order valence-corrected chi connectivity index (χ4v) is 1.80. The van der Waals surface area contributed by atoms with E-state index in [0.29, 0.717) is 0 Å². The molecule has 2 aromatic rings. The first-order valence-corrected chi connectivity index (χ1v) is 5.59. The maximum Gasteiger partial charge on any atom is 0.125 e. The molecule has 3 heteroatoms.